The Hall–Kier alpha value is -1.90. The molecule has 0 unspecified atom stereocenters. The molecule has 1 amide bonds. The van der Waals surface area contributed by atoms with Crippen LogP contribution in [0, 0.1) is 0 Å². The number of carbonyl (C=O) groups excluding carboxylic acids is 1. The number of rotatable bonds is 6. The lowest BCUT2D eigenvalue weighted by atomic mass is 10.1. The third-order valence-electron chi connectivity index (χ3n) is 3.13. The topological polar surface area (TPSA) is 42.0 Å². The molecule has 0 radical (unpaired) electrons. The summed E-state index contributed by atoms with van der Waals surface area (Å²) < 4.78 is 0. The van der Waals surface area contributed by atoms with Crippen LogP contribution in [0.25, 0.3) is 10.9 Å². The van der Waals surface area contributed by atoms with Gasteiger partial charge in [0, 0.05) is 11.8 Å². The molecule has 0 aliphatic heterocycles. The van der Waals surface area contributed by atoms with Gasteiger partial charge in [0.1, 0.15) is 0 Å². The maximum atomic E-state index is 11.8. The number of nitrogens with one attached hydrogen (secondary N) is 1. The molecule has 3 heteroatoms. The fourth-order valence-electron chi connectivity index (χ4n) is 2.08. The molecule has 19 heavy (non-hydrogen) atoms. The predicted octanol–water partition coefficient (Wildman–Crippen LogP) is 4.14. The second-order valence-electron chi connectivity index (χ2n) is 4.78. The first-order valence-electron chi connectivity index (χ1n) is 6.94. The Kier molecular flexibility index (Phi) is 4.90. The first-order valence-corrected chi connectivity index (χ1v) is 6.94. The molecular weight excluding hydrogens is 236 g/mol. The molecule has 0 saturated heterocycles. The number of amides is 1. The highest BCUT2D eigenvalue weighted by atomic mass is 16.1. The van der Waals surface area contributed by atoms with Crippen LogP contribution in [0.4, 0.5) is 5.69 Å². The van der Waals surface area contributed by atoms with E-state index in [1.165, 1.54) is 12.8 Å². The highest BCUT2D eigenvalue weighted by Gasteiger charge is 2.03. The summed E-state index contributed by atoms with van der Waals surface area (Å²) in [6.45, 7) is 2.17. The Morgan fingerprint density at radius 3 is 2.89 bits per heavy atom. The van der Waals surface area contributed by atoms with E-state index in [9.17, 15) is 4.79 Å². The zero-order chi connectivity index (χ0) is 13.5. The second-order valence-corrected chi connectivity index (χ2v) is 4.78. The molecule has 0 aliphatic rings. The van der Waals surface area contributed by atoms with Crippen LogP contribution in [-0.2, 0) is 4.79 Å². The Balaban J connectivity index is 1.91. The largest absolute Gasteiger partial charge is 0.325 e. The van der Waals surface area contributed by atoms with Crippen LogP contribution in [-0.4, -0.2) is 10.9 Å². The van der Waals surface area contributed by atoms with Gasteiger partial charge in [0.2, 0.25) is 5.91 Å². The van der Waals surface area contributed by atoms with Crippen LogP contribution in [0.15, 0.2) is 36.5 Å². The molecule has 1 aromatic carbocycles. The van der Waals surface area contributed by atoms with E-state index in [2.05, 4.69) is 17.2 Å². The maximum Gasteiger partial charge on any atom is 0.224 e. The van der Waals surface area contributed by atoms with Crippen molar-refractivity contribution in [3.05, 3.63) is 36.5 Å². The highest BCUT2D eigenvalue weighted by Crippen LogP contribution is 2.16. The Morgan fingerprint density at radius 2 is 2.05 bits per heavy atom. The van der Waals surface area contributed by atoms with Crippen molar-refractivity contribution in [3.63, 3.8) is 0 Å². The summed E-state index contributed by atoms with van der Waals surface area (Å²) >= 11 is 0. The number of nitrogens with zero attached hydrogens (tertiary/aromatic N) is 1. The van der Waals surface area contributed by atoms with E-state index in [4.69, 9.17) is 0 Å². The number of benzene rings is 1. The van der Waals surface area contributed by atoms with E-state index < -0.39 is 0 Å². The Morgan fingerprint density at radius 1 is 1.21 bits per heavy atom. The standard InChI is InChI=1S/C16H20N2O/c1-2-3-4-5-10-16(19)18-14-11-13-8-6-7-9-15(13)17-12-14/h6-9,11-12H,2-5,10H2,1H3,(H,18,19). The van der Waals surface area contributed by atoms with Gasteiger partial charge in [0.05, 0.1) is 17.4 Å². The fraction of sp³-hybridized carbons (Fsp3) is 0.375. The van der Waals surface area contributed by atoms with Crippen molar-refractivity contribution < 1.29 is 4.79 Å². The molecule has 0 aliphatic carbocycles. The lowest BCUT2D eigenvalue weighted by molar-refractivity contribution is -0.116. The molecule has 1 N–H and O–H groups in total. The van der Waals surface area contributed by atoms with E-state index in [1.807, 2.05) is 30.3 Å². The summed E-state index contributed by atoms with van der Waals surface area (Å²) in [4.78, 5) is 16.1. The molecule has 0 atom stereocenters. The Labute approximate surface area is 114 Å². The molecule has 2 aromatic rings. The molecule has 1 heterocycles. The first-order chi connectivity index (χ1) is 9.29. The van der Waals surface area contributed by atoms with E-state index >= 15 is 0 Å². The summed E-state index contributed by atoms with van der Waals surface area (Å²) in [6.07, 6.45) is 6.78. The summed E-state index contributed by atoms with van der Waals surface area (Å²) in [5.41, 5.74) is 1.72. The molecule has 0 bridgehead atoms. The quantitative estimate of drug-likeness (QED) is 0.789. The van der Waals surface area contributed by atoms with Crippen molar-refractivity contribution in [2.24, 2.45) is 0 Å². The van der Waals surface area contributed by atoms with Gasteiger partial charge >= 0.3 is 0 Å². The molecule has 0 saturated carbocycles. The monoisotopic (exact) mass is 256 g/mol. The fourth-order valence-corrected chi connectivity index (χ4v) is 2.08. The SMILES string of the molecule is CCCCCCC(=O)Nc1cnc2ccccc2c1. The third-order valence-corrected chi connectivity index (χ3v) is 3.13. The van der Waals surface area contributed by atoms with Crippen molar-refractivity contribution in [1.82, 2.24) is 4.98 Å². The van der Waals surface area contributed by atoms with Crippen LogP contribution in [0.5, 0.6) is 0 Å². The minimum absolute atomic E-state index is 0.0770. The van der Waals surface area contributed by atoms with E-state index in [-0.39, 0.29) is 5.91 Å². The van der Waals surface area contributed by atoms with Crippen molar-refractivity contribution in [2.75, 3.05) is 5.32 Å². The van der Waals surface area contributed by atoms with Crippen molar-refractivity contribution in [1.29, 1.82) is 0 Å². The predicted molar refractivity (Wildman–Crippen MR) is 79.1 cm³/mol. The van der Waals surface area contributed by atoms with Gasteiger partial charge in [0.25, 0.3) is 0 Å². The number of fused-ring (bicyclic) bond motifs is 1. The number of anilines is 1. The van der Waals surface area contributed by atoms with Gasteiger partial charge in [-0.1, -0.05) is 44.4 Å². The molecule has 2 rings (SSSR count). The number of hydrogen-bond donors (Lipinski definition) is 1. The maximum absolute atomic E-state index is 11.8. The van der Waals surface area contributed by atoms with E-state index in [0.717, 1.165) is 29.4 Å². The van der Waals surface area contributed by atoms with Gasteiger partial charge in [-0.05, 0) is 18.6 Å². The van der Waals surface area contributed by atoms with Crippen LogP contribution < -0.4 is 5.32 Å². The van der Waals surface area contributed by atoms with E-state index in [1.54, 1.807) is 6.20 Å². The first kappa shape index (κ1) is 13.5. The van der Waals surface area contributed by atoms with Crippen LogP contribution in [0.3, 0.4) is 0 Å². The molecule has 0 fully saturated rings. The zero-order valence-corrected chi connectivity index (χ0v) is 11.4. The number of pyridine rings is 1. The minimum Gasteiger partial charge on any atom is -0.325 e. The van der Waals surface area contributed by atoms with Crippen LogP contribution in [0.2, 0.25) is 0 Å². The normalized spacial score (nSPS) is 10.6. The van der Waals surface area contributed by atoms with Gasteiger partial charge in [-0.15, -0.1) is 0 Å². The lowest BCUT2D eigenvalue weighted by Crippen LogP contribution is -2.11. The number of hydrogen-bond acceptors (Lipinski definition) is 2. The summed E-state index contributed by atoms with van der Waals surface area (Å²) in [6, 6.07) is 9.86. The smallest absolute Gasteiger partial charge is 0.224 e. The van der Waals surface area contributed by atoms with Crippen LogP contribution >= 0.6 is 0 Å². The average Bonchev–Trinajstić information content (AvgIpc) is 2.43. The number of para-hydroxylation sites is 1. The average molecular weight is 256 g/mol. The zero-order valence-electron chi connectivity index (χ0n) is 11.4. The summed E-state index contributed by atoms with van der Waals surface area (Å²) in [5, 5.41) is 3.96. The summed E-state index contributed by atoms with van der Waals surface area (Å²) in [7, 11) is 0. The molecule has 0 spiro atoms. The van der Waals surface area contributed by atoms with Gasteiger partial charge in [-0.3, -0.25) is 9.78 Å². The van der Waals surface area contributed by atoms with Crippen LogP contribution in [0.1, 0.15) is 39.0 Å². The molecular formula is C16H20N2O. The van der Waals surface area contributed by atoms with Gasteiger partial charge in [-0.2, -0.15) is 0 Å². The number of carbonyl (C=O) groups is 1. The Bertz CT molecular complexity index is 551. The summed E-state index contributed by atoms with van der Waals surface area (Å²) in [5.74, 6) is 0.0770. The van der Waals surface area contributed by atoms with E-state index in [0.29, 0.717) is 6.42 Å². The highest BCUT2D eigenvalue weighted by molar-refractivity contribution is 5.93. The van der Waals surface area contributed by atoms with Gasteiger partial charge < -0.3 is 5.32 Å². The van der Waals surface area contributed by atoms with Gasteiger partial charge in [-0.25, -0.2) is 0 Å². The number of unbranched alkanes of at least 4 members (excludes halogenated alkanes) is 3. The lowest BCUT2D eigenvalue weighted by Gasteiger charge is -2.06. The van der Waals surface area contributed by atoms with Gasteiger partial charge in [0.15, 0.2) is 0 Å². The van der Waals surface area contributed by atoms with Crippen molar-refractivity contribution in [3.8, 4) is 0 Å². The molecule has 1 aromatic heterocycles. The minimum atomic E-state index is 0.0770. The molecule has 100 valence electrons. The van der Waals surface area contributed by atoms with Crippen molar-refractivity contribution >= 4 is 22.5 Å². The molecule has 3 nitrogen and oxygen atoms in total. The second kappa shape index (κ2) is 6.88. The van der Waals surface area contributed by atoms with Crippen molar-refractivity contribution in [2.45, 2.75) is 39.0 Å². The number of aromatic nitrogens is 1. The third kappa shape index (κ3) is 4.05.